The zero-order valence-electron chi connectivity index (χ0n) is 10.4. The first-order valence-electron chi connectivity index (χ1n) is 5.58. The Morgan fingerprint density at radius 3 is 2.53 bits per heavy atom. The summed E-state index contributed by atoms with van der Waals surface area (Å²) in [6, 6.07) is 4.29. The molecule has 0 aliphatic rings. The standard InChI is InChI=1S/C12H18FNO2S/c1-4-5-6-10-7-8-11(13)9-12(10)14(2)17(3,15)16/h7-9H,4-6H2,1-3H3. The number of aryl methyl sites for hydroxylation is 1. The first kappa shape index (κ1) is 14.0. The second-order valence-corrected chi connectivity index (χ2v) is 6.12. The van der Waals surface area contributed by atoms with E-state index < -0.39 is 15.8 Å². The van der Waals surface area contributed by atoms with Crippen molar-refractivity contribution in [2.24, 2.45) is 0 Å². The smallest absolute Gasteiger partial charge is 0.232 e. The molecule has 1 aromatic rings. The van der Waals surface area contributed by atoms with Crippen molar-refractivity contribution in [2.75, 3.05) is 17.6 Å². The van der Waals surface area contributed by atoms with Gasteiger partial charge in [0, 0.05) is 7.05 Å². The van der Waals surface area contributed by atoms with Gasteiger partial charge in [-0.25, -0.2) is 12.8 Å². The average Bonchev–Trinajstić information content (AvgIpc) is 2.25. The van der Waals surface area contributed by atoms with Crippen LogP contribution in [0.25, 0.3) is 0 Å². The molecule has 0 bridgehead atoms. The third-order valence-electron chi connectivity index (χ3n) is 2.68. The number of nitrogens with zero attached hydrogens (tertiary/aromatic N) is 1. The first-order chi connectivity index (χ1) is 7.86. The number of rotatable bonds is 5. The molecule has 96 valence electrons. The van der Waals surface area contributed by atoms with Gasteiger partial charge in [-0.2, -0.15) is 0 Å². The summed E-state index contributed by atoms with van der Waals surface area (Å²) < 4.78 is 37.3. The Labute approximate surface area is 102 Å². The van der Waals surface area contributed by atoms with Crippen LogP contribution in [0.3, 0.4) is 0 Å². The minimum atomic E-state index is -3.35. The molecule has 0 unspecified atom stereocenters. The predicted octanol–water partition coefficient (Wildman–Crippen LogP) is 2.56. The molecule has 0 atom stereocenters. The summed E-state index contributed by atoms with van der Waals surface area (Å²) in [5.41, 5.74) is 1.29. The molecule has 0 saturated heterocycles. The van der Waals surface area contributed by atoms with Gasteiger partial charge in [0.1, 0.15) is 5.82 Å². The molecule has 17 heavy (non-hydrogen) atoms. The Morgan fingerprint density at radius 2 is 2.00 bits per heavy atom. The van der Waals surface area contributed by atoms with Crippen molar-refractivity contribution in [1.29, 1.82) is 0 Å². The highest BCUT2D eigenvalue weighted by atomic mass is 32.2. The molecule has 0 saturated carbocycles. The average molecular weight is 259 g/mol. The van der Waals surface area contributed by atoms with Crippen molar-refractivity contribution in [2.45, 2.75) is 26.2 Å². The summed E-state index contributed by atoms with van der Waals surface area (Å²) in [5.74, 6) is -0.421. The van der Waals surface area contributed by atoms with E-state index in [1.54, 1.807) is 6.07 Å². The monoisotopic (exact) mass is 259 g/mol. The Kier molecular flexibility index (Phi) is 4.51. The molecule has 0 aliphatic heterocycles. The van der Waals surface area contributed by atoms with Gasteiger partial charge in [0.25, 0.3) is 0 Å². The van der Waals surface area contributed by atoms with E-state index in [9.17, 15) is 12.8 Å². The van der Waals surface area contributed by atoms with Gasteiger partial charge in [-0.1, -0.05) is 19.4 Å². The van der Waals surface area contributed by atoms with Crippen molar-refractivity contribution in [1.82, 2.24) is 0 Å². The van der Waals surface area contributed by atoms with Crippen LogP contribution in [0.1, 0.15) is 25.3 Å². The Morgan fingerprint density at radius 1 is 1.35 bits per heavy atom. The maximum Gasteiger partial charge on any atom is 0.232 e. The molecule has 0 spiro atoms. The zero-order valence-corrected chi connectivity index (χ0v) is 11.2. The van der Waals surface area contributed by atoms with Gasteiger partial charge in [-0.15, -0.1) is 0 Å². The van der Waals surface area contributed by atoms with Gasteiger partial charge in [0.15, 0.2) is 0 Å². The van der Waals surface area contributed by atoms with Gasteiger partial charge in [0.05, 0.1) is 11.9 Å². The normalized spacial score (nSPS) is 11.5. The Hall–Kier alpha value is -1.10. The largest absolute Gasteiger partial charge is 0.273 e. The summed E-state index contributed by atoms with van der Waals surface area (Å²) in [6.07, 6.45) is 3.84. The van der Waals surface area contributed by atoms with Crippen molar-refractivity contribution >= 4 is 15.7 Å². The minimum absolute atomic E-state index is 0.421. The SMILES string of the molecule is CCCCc1ccc(F)cc1N(C)S(C)(=O)=O. The molecule has 1 aromatic carbocycles. The van der Waals surface area contributed by atoms with Gasteiger partial charge < -0.3 is 0 Å². The summed E-state index contributed by atoms with van der Waals surface area (Å²) in [5, 5.41) is 0. The van der Waals surface area contributed by atoms with Crippen LogP contribution < -0.4 is 4.31 Å². The lowest BCUT2D eigenvalue weighted by molar-refractivity contribution is 0.599. The highest BCUT2D eigenvalue weighted by molar-refractivity contribution is 7.92. The van der Waals surface area contributed by atoms with E-state index in [2.05, 4.69) is 6.92 Å². The maximum absolute atomic E-state index is 13.2. The van der Waals surface area contributed by atoms with Crippen LogP contribution in [-0.4, -0.2) is 21.7 Å². The van der Waals surface area contributed by atoms with Crippen LogP contribution in [0.15, 0.2) is 18.2 Å². The Balaban J connectivity index is 3.15. The molecular weight excluding hydrogens is 241 g/mol. The lowest BCUT2D eigenvalue weighted by Crippen LogP contribution is -2.26. The maximum atomic E-state index is 13.2. The van der Waals surface area contributed by atoms with Crippen LogP contribution in [0.5, 0.6) is 0 Å². The molecule has 1 rings (SSSR count). The fraction of sp³-hybridized carbons (Fsp3) is 0.500. The van der Waals surface area contributed by atoms with E-state index in [-0.39, 0.29) is 0 Å². The van der Waals surface area contributed by atoms with Crippen LogP contribution in [0.4, 0.5) is 10.1 Å². The second-order valence-electron chi connectivity index (χ2n) is 4.11. The van der Waals surface area contributed by atoms with Crippen molar-refractivity contribution in [3.05, 3.63) is 29.6 Å². The van der Waals surface area contributed by atoms with E-state index in [4.69, 9.17) is 0 Å². The van der Waals surface area contributed by atoms with Crippen LogP contribution >= 0.6 is 0 Å². The van der Waals surface area contributed by atoms with Gasteiger partial charge in [-0.3, -0.25) is 4.31 Å². The topological polar surface area (TPSA) is 37.4 Å². The number of hydrogen-bond donors (Lipinski definition) is 0. The molecule has 0 aliphatic carbocycles. The number of benzene rings is 1. The number of unbranched alkanes of at least 4 members (excludes halogenated alkanes) is 1. The Bertz CT molecular complexity index is 485. The van der Waals surface area contributed by atoms with Crippen molar-refractivity contribution in [3.8, 4) is 0 Å². The molecule has 0 N–H and O–H groups in total. The summed E-state index contributed by atoms with van der Waals surface area (Å²) in [4.78, 5) is 0. The lowest BCUT2D eigenvalue weighted by atomic mass is 10.1. The van der Waals surface area contributed by atoms with Crippen LogP contribution in [0.2, 0.25) is 0 Å². The molecule has 5 heteroatoms. The lowest BCUT2D eigenvalue weighted by Gasteiger charge is -2.20. The molecule has 0 heterocycles. The number of sulfonamides is 1. The highest BCUT2D eigenvalue weighted by Crippen LogP contribution is 2.24. The van der Waals surface area contributed by atoms with Gasteiger partial charge in [-0.05, 0) is 30.5 Å². The molecule has 3 nitrogen and oxygen atoms in total. The number of hydrogen-bond acceptors (Lipinski definition) is 2. The van der Waals surface area contributed by atoms with E-state index >= 15 is 0 Å². The molecular formula is C12H18FNO2S. The first-order valence-corrected chi connectivity index (χ1v) is 7.43. The van der Waals surface area contributed by atoms with Gasteiger partial charge in [0.2, 0.25) is 10.0 Å². The molecule has 0 fully saturated rings. The van der Waals surface area contributed by atoms with Gasteiger partial charge >= 0.3 is 0 Å². The quantitative estimate of drug-likeness (QED) is 0.815. The fourth-order valence-electron chi connectivity index (χ4n) is 1.59. The van der Waals surface area contributed by atoms with Crippen molar-refractivity contribution < 1.29 is 12.8 Å². The van der Waals surface area contributed by atoms with Crippen molar-refractivity contribution in [3.63, 3.8) is 0 Å². The zero-order chi connectivity index (χ0) is 13.1. The minimum Gasteiger partial charge on any atom is -0.273 e. The predicted molar refractivity (Wildman–Crippen MR) is 68.3 cm³/mol. The summed E-state index contributed by atoms with van der Waals surface area (Å²) >= 11 is 0. The number of halogens is 1. The van der Waals surface area contributed by atoms with E-state index in [1.807, 2.05) is 0 Å². The van der Waals surface area contributed by atoms with Crippen LogP contribution in [0, 0.1) is 5.82 Å². The molecule has 0 aromatic heterocycles. The fourth-order valence-corrected chi connectivity index (χ4v) is 2.11. The molecule has 0 radical (unpaired) electrons. The summed E-state index contributed by atoms with van der Waals surface area (Å²) in [6.45, 7) is 2.06. The number of anilines is 1. The second kappa shape index (κ2) is 5.49. The summed E-state index contributed by atoms with van der Waals surface area (Å²) in [7, 11) is -1.91. The van der Waals surface area contributed by atoms with E-state index in [1.165, 1.54) is 19.2 Å². The van der Waals surface area contributed by atoms with E-state index in [0.717, 1.165) is 35.4 Å². The third-order valence-corrected chi connectivity index (χ3v) is 3.88. The highest BCUT2D eigenvalue weighted by Gasteiger charge is 2.16. The third kappa shape index (κ3) is 3.70. The molecule has 0 amide bonds. The van der Waals surface area contributed by atoms with E-state index in [0.29, 0.717) is 5.69 Å². The van der Waals surface area contributed by atoms with Crippen LogP contribution in [-0.2, 0) is 16.4 Å².